The van der Waals surface area contributed by atoms with E-state index in [1.165, 1.54) is 0 Å². The Morgan fingerprint density at radius 2 is 1.90 bits per heavy atom. The van der Waals surface area contributed by atoms with Crippen LogP contribution in [0.15, 0.2) is 52.7 Å². The molecule has 2 heterocycles. The van der Waals surface area contributed by atoms with E-state index in [2.05, 4.69) is 31.0 Å². The number of benzene rings is 2. The van der Waals surface area contributed by atoms with Gasteiger partial charge in [-0.25, -0.2) is 0 Å². The number of hydrogen-bond donors (Lipinski definition) is 1. The normalized spacial score (nSPS) is 16.4. The van der Waals surface area contributed by atoms with Crippen LogP contribution in [-0.4, -0.2) is 28.3 Å². The zero-order valence-corrected chi connectivity index (χ0v) is 18.4. The lowest BCUT2D eigenvalue weighted by Gasteiger charge is -2.27. The van der Waals surface area contributed by atoms with E-state index >= 15 is 0 Å². The quantitative estimate of drug-likeness (QED) is 0.552. The van der Waals surface area contributed by atoms with Gasteiger partial charge >= 0.3 is 5.91 Å². The second kappa shape index (κ2) is 7.72. The minimum absolute atomic E-state index is 0.0197. The Morgan fingerprint density at radius 1 is 1.16 bits per heavy atom. The van der Waals surface area contributed by atoms with Gasteiger partial charge in [0.05, 0.1) is 5.52 Å². The first-order chi connectivity index (χ1) is 14.7. The van der Waals surface area contributed by atoms with Gasteiger partial charge in [0.2, 0.25) is 12.0 Å². The van der Waals surface area contributed by atoms with Crippen molar-refractivity contribution in [2.75, 3.05) is 6.61 Å². The topological polar surface area (TPSA) is 85.4 Å². The summed E-state index contributed by atoms with van der Waals surface area (Å²) in [4.78, 5) is 12.7. The summed E-state index contributed by atoms with van der Waals surface area (Å²) in [6.45, 7) is 10.3. The van der Waals surface area contributed by atoms with Gasteiger partial charge in [-0.2, -0.15) is 0 Å². The predicted octanol–water partition coefficient (Wildman–Crippen LogP) is 5.68. The van der Waals surface area contributed by atoms with Crippen molar-refractivity contribution >= 4 is 22.5 Å². The maximum atomic E-state index is 12.7. The second-order valence-corrected chi connectivity index (χ2v) is 9.02. The summed E-state index contributed by atoms with van der Waals surface area (Å²) >= 11 is 0. The molecule has 0 spiro atoms. The number of azo groups is 1. The van der Waals surface area contributed by atoms with E-state index in [1.54, 1.807) is 4.57 Å². The molecule has 2 aromatic carbocycles. The zero-order chi connectivity index (χ0) is 22.3. The lowest BCUT2D eigenvalue weighted by molar-refractivity contribution is -0.127. The van der Waals surface area contributed by atoms with E-state index in [0.717, 1.165) is 16.5 Å². The smallest absolute Gasteiger partial charge is 0.308 e. The molecule has 7 nitrogen and oxygen atoms in total. The lowest BCUT2D eigenvalue weighted by atomic mass is 9.87. The molecule has 1 atom stereocenters. The number of nitrogens with zero attached hydrogens (tertiary/aromatic N) is 3. The fourth-order valence-corrected chi connectivity index (χ4v) is 3.68. The van der Waals surface area contributed by atoms with Crippen LogP contribution in [0.2, 0.25) is 0 Å². The molecule has 1 aromatic heterocycles. The third kappa shape index (κ3) is 3.87. The maximum Gasteiger partial charge on any atom is 0.308 e. The zero-order valence-electron chi connectivity index (χ0n) is 18.4. The Labute approximate surface area is 181 Å². The van der Waals surface area contributed by atoms with Crippen LogP contribution < -0.4 is 9.47 Å². The van der Waals surface area contributed by atoms with Gasteiger partial charge < -0.3 is 19.1 Å². The summed E-state index contributed by atoms with van der Waals surface area (Å²) in [5.74, 6) is 0.541. The molecule has 4 rings (SSSR count). The minimum atomic E-state index is -0.896. The first-order valence-electron chi connectivity index (χ1n) is 10.4. The number of ether oxygens (including phenoxy) is 2. The highest BCUT2D eigenvalue weighted by Crippen LogP contribution is 2.41. The van der Waals surface area contributed by atoms with Crippen molar-refractivity contribution in [3.8, 4) is 17.4 Å². The summed E-state index contributed by atoms with van der Waals surface area (Å²) in [6.07, 6.45) is -0.896. The molecular weight excluding hydrogens is 394 g/mol. The number of para-hydroxylation sites is 1. The highest BCUT2D eigenvalue weighted by Gasteiger charge is 2.29. The molecule has 0 aliphatic carbocycles. The summed E-state index contributed by atoms with van der Waals surface area (Å²) in [6, 6.07) is 13.3. The fraction of sp³-hybridized carbons (Fsp3) is 0.375. The van der Waals surface area contributed by atoms with Crippen LogP contribution in [0.1, 0.15) is 46.2 Å². The van der Waals surface area contributed by atoms with Crippen molar-refractivity contribution in [3.05, 3.63) is 48.0 Å². The van der Waals surface area contributed by atoms with E-state index in [-0.39, 0.29) is 29.6 Å². The van der Waals surface area contributed by atoms with Crippen LogP contribution in [-0.2, 0) is 10.2 Å². The minimum Gasteiger partial charge on any atom is -0.493 e. The number of carbonyl (C=O) groups is 1. The van der Waals surface area contributed by atoms with Crippen LogP contribution in [0.4, 0.5) is 5.69 Å². The second-order valence-electron chi connectivity index (χ2n) is 9.02. The molecule has 0 radical (unpaired) electrons. The van der Waals surface area contributed by atoms with E-state index < -0.39 is 12.0 Å². The number of fused-ring (bicyclic) bond motifs is 2. The Bertz CT molecular complexity index is 1170. The van der Waals surface area contributed by atoms with Crippen molar-refractivity contribution in [3.63, 3.8) is 0 Å². The molecule has 1 amide bonds. The van der Waals surface area contributed by atoms with E-state index in [4.69, 9.17) is 9.47 Å². The van der Waals surface area contributed by atoms with E-state index in [9.17, 15) is 9.90 Å². The van der Waals surface area contributed by atoms with Gasteiger partial charge in [0.1, 0.15) is 6.61 Å². The third-order valence-electron chi connectivity index (χ3n) is 5.37. The molecule has 0 fully saturated rings. The van der Waals surface area contributed by atoms with Gasteiger partial charge in [0.25, 0.3) is 0 Å². The molecule has 0 saturated carbocycles. The lowest BCUT2D eigenvalue weighted by Crippen LogP contribution is -2.35. The number of aromatic hydroxyl groups is 1. The summed E-state index contributed by atoms with van der Waals surface area (Å²) < 4.78 is 13.4. The Kier molecular flexibility index (Phi) is 5.21. The molecule has 1 aliphatic rings. The maximum absolute atomic E-state index is 12.7. The number of rotatable bonds is 3. The monoisotopic (exact) mass is 421 g/mol. The number of hydrogen-bond acceptors (Lipinski definition) is 5. The summed E-state index contributed by atoms with van der Waals surface area (Å²) in [7, 11) is 0. The molecule has 3 aromatic rings. The molecule has 0 bridgehead atoms. The van der Waals surface area contributed by atoms with Crippen LogP contribution in [0, 0.1) is 0 Å². The average Bonchev–Trinajstić information content (AvgIpc) is 3.01. The van der Waals surface area contributed by atoms with Crippen LogP contribution in [0.25, 0.3) is 10.9 Å². The molecule has 7 heteroatoms. The predicted molar refractivity (Wildman–Crippen MR) is 119 cm³/mol. The average molecular weight is 421 g/mol. The molecule has 1 unspecified atom stereocenters. The van der Waals surface area contributed by atoms with Gasteiger partial charge in [-0.1, -0.05) is 45.0 Å². The van der Waals surface area contributed by atoms with E-state index in [1.807, 2.05) is 56.3 Å². The van der Waals surface area contributed by atoms with Crippen LogP contribution >= 0.6 is 0 Å². The van der Waals surface area contributed by atoms with Gasteiger partial charge in [0.15, 0.2) is 17.2 Å². The first kappa shape index (κ1) is 20.9. The molecular formula is C24H27N3O4. The van der Waals surface area contributed by atoms with Crippen molar-refractivity contribution in [1.82, 2.24) is 4.57 Å². The van der Waals surface area contributed by atoms with Crippen molar-refractivity contribution in [2.45, 2.75) is 52.2 Å². The largest absolute Gasteiger partial charge is 0.493 e. The SMILES string of the molecule is CC(C)n1c(O)c(N=NC(=O)C2COc3ccc(C(C)(C)C)cc3O2)c2ccccc21. The molecule has 1 aliphatic heterocycles. The fourth-order valence-electron chi connectivity index (χ4n) is 3.68. The first-order valence-corrected chi connectivity index (χ1v) is 10.4. The van der Waals surface area contributed by atoms with Gasteiger partial charge in [0, 0.05) is 11.4 Å². The van der Waals surface area contributed by atoms with E-state index in [0.29, 0.717) is 11.5 Å². The summed E-state index contributed by atoms with van der Waals surface area (Å²) in [5, 5.41) is 19.4. The molecule has 31 heavy (non-hydrogen) atoms. The van der Waals surface area contributed by atoms with Crippen LogP contribution in [0.5, 0.6) is 17.4 Å². The van der Waals surface area contributed by atoms with Gasteiger partial charge in [-0.3, -0.25) is 4.79 Å². The Hall–Kier alpha value is -3.35. The highest BCUT2D eigenvalue weighted by molar-refractivity contribution is 5.95. The van der Waals surface area contributed by atoms with Gasteiger partial charge in [-0.05, 0) is 43.0 Å². The van der Waals surface area contributed by atoms with Crippen molar-refractivity contribution in [2.24, 2.45) is 10.2 Å². The molecule has 162 valence electrons. The standard InChI is InChI=1S/C24H27N3O4/c1-14(2)27-17-9-7-6-8-16(17)21(23(27)29)25-26-22(28)20-13-30-18-11-10-15(24(3,4)5)12-19(18)31-20/h6-12,14,20,29H,13H2,1-5H3. The van der Waals surface area contributed by atoms with Crippen molar-refractivity contribution < 1.29 is 19.4 Å². The number of amides is 1. The Morgan fingerprint density at radius 3 is 2.61 bits per heavy atom. The number of carbonyl (C=O) groups excluding carboxylic acids is 1. The number of aromatic nitrogens is 1. The third-order valence-corrected chi connectivity index (χ3v) is 5.37. The molecule has 1 N–H and O–H groups in total. The van der Waals surface area contributed by atoms with Gasteiger partial charge in [-0.15, -0.1) is 10.2 Å². The van der Waals surface area contributed by atoms with Crippen molar-refractivity contribution in [1.29, 1.82) is 0 Å². The summed E-state index contributed by atoms with van der Waals surface area (Å²) in [5.41, 5.74) is 2.12. The highest BCUT2D eigenvalue weighted by atomic mass is 16.6. The Balaban J connectivity index is 1.60. The molecule has 0 saturated heterocycles. The van der Waals surface area contributed by atoms with Crippen LogP contribution in [0.3, 0.4) is 0 Å².